The monoisotopic (exact) mass is 305 g/mol. The minimum atomic E-state index is 0.766. The maximum Gasteiger partial charge on any atom is 0.132 e. The molecule has 0 aliphatic heterocycles. The molecule has 2 aromatic rings. The molecule has 0 unspecified atom stereocenters. The van der Waals surface area contributed by atoms with Gasteiger partial charge in [0.2, 0.25) is 0 Å². The molecule has 0 saturated heterocycles. The molecule has 0 spiro atoms. The van der Waals surface area contributed by atoms with Crippen LogP contribution in [0.15, 0.2) is 30.7 Å². The number of alkyl halides is 1. The molecule has 2 aromatic heterocycles. The Morgan fingerprint density at radius 2 is 2.00 bits per heavy atom. The molecule has 2 heterocycles. The van der Waals surface area contributed by atoms with Gasteiger partial charge in [-0.3, -0.25) is 4.98 Å². The molecule has 0 aliphatic carbocycles. The van der Waals surface area contributed by atoms with Crippen molar-refractivity contribution in [1.82, 2.24) is 15.0 Å². The second-order valence-electron chi connectivity index (χ2n) is 4.17. The Morgan fingerprint density at radius 1 is 1.22 bits per heavy atom. The van der Waals surface area contributed by atoms with E-state index in [1.54, 1.807) is 12.4 Å². The molecule has 0 N–H and O–H groups in total. The Balaban J connectivity index is 2.21. The second-order valence-corrected chi connectivity index (χ2v) is 4.73. The summed E-state index contributed by atoms with van der Waals surface area (Å²) in [5.74, 6) is 0.884. The first-order valence-electron chi connectivity index (χ1n) is 6.12. The number of halogens is 1. The van der Waals surface area contributed by atoms with Gasteiger partial charge in [-0.15, -0.1) is 0 Å². The fourth-order valence-electron chi connectivity index (χ4n) is 1.82. The quantitative estimate of drug-likeness (QED) is 0.796. The predicted molar refractivity (Wildman–Crippen MR) is 75.7 cm³/mol. The molecule has 4 heteroatoms. The summed E-state index contributed by atoms with van der Waals surface area (Å²) in [7, 11) is 0. The summed E-state index contributed by atoms with van der Waals surface area (Å²) in [6.45, 7) is 2.17. The third kappa shape index (κ3) is 3.35. The van der Waals surface area contributed by atoms with E-state index in [9.17, 15) is 0 Å². The van der Waals surface area contributed by atoms with Gasteiger partial charge in [0, 0.05) is 41.6 Å². The number of rotatable bonds is 5. The summed E-state index contributed by atoms with van der Waals surface area (Å²) >= 11 is 3.48. The van der Waals surface area contributed by atoms with Gasteiger partial charge in [-0.2, -0.15) is 0 Å². The molecule has 2 rings (SSSR count). The van der Waals surface area contributed by atoms with Crippen LogP contribution in [0.4, 0.5) is 0 Å². The van der Waals surface area contributed by atoms with Crippen LogP contribution in [0, 0.1) is 0 Å². The molecule has 94 valence electrons. The molecule has 0 atom stereocenters. The highest BCUT2D eigenvalue weighted by molar-refractivity contribution is 9.08. The van der Waals surface area contributed by atoms with Crippen LogP contribution in [0.3, 0.4) is 0 Å². The fourth-order valence-corrected chi connectivity index (χ4v) is 2.29. The van der Waals surface area contributed by atoms with Crippen LogP contribution >= 0.6 is 15.9 Å². The SMILES string of the molecule is CCCc1nc(Cc2ccncc2)ncc1CBr. The topological polar surface area (TPSA) is 38.7 Å². The smallest absolute Gasteiger partial charge is 0.132 e. The molecule has 0 fully saturated rings. The van der Waals surface area contributed by atoms with E-state index in [2.05, 4.69) is 37.8 Å². The van der Waals surface area contributed by atoms with E-state index < -0.39 is 0 Å². The highest BCUT2D eigenvalue weighted by Crippen LogP contribution is 2.13. The molecule has 0 radical (unpaired) electrons. The largest absolute Gasteiger partial charge is 0.265 e. The summed E-state index contributed by atoms with van der Waals surface area (Å²) < 4.78 is 0. The van der Waals surface area contributed by atoms with Gasteiger partial charge < -0.3 is 0 Å². The normalized spacial score (nSPS) is 10.6. The Bertz CT molecular complexity index is 500. The van der Waals surface area contributed by atoms with Gasteiger partial charge in [-0.25, -0.2) is 9.97 Å². The summed E-state index contributed by atoms with van der Waals surface area (Å²) in [5.41, 5.74) is 3.54. The van der Waals surface area contributed by atoms with Crippen molar-refractivity contribution in [2.45, 2.75) is 31.5 Å². The molecule has 3 nitrogen and oxygen atoms in total. The number of hydrogen-bond donors (Lipinski definition) is 0. The van der Waals surface area contributed by atoms with E-state index in [-0.39, 0.29) is 0 Å². The summed E-state index contributed by atoms with van der Waals surface area (Å²) in [5, 5.41) is 0.817. The van der Waals surface area contributed by atoms with Gasteiger partial charge in [0.05, 0.1) is 0 Å². The predicted octanol–water partition coefficient (Wildman–Crippen LogP) is 3.31. The zero-order chi connectivity index (χ0) is 12.8. The maximum absolute atomic E-state index is 4.67. The van der Waals surface area contributed by atoms with Crippen LogP contribution in [0.5, 0.6) is 0 Å². The van der Waals surface area contributed by atoms with E-state index in [0.717, 1.165) is 36.1 Å². The van der Waals surface area contributed by atoms with Crippen LogP contribution in [0.1, 0.15) is 36.0 Å². The summed E-state index contributed by atoms with van der Waals surface area (Å²) in [4.78, 5) is 13.1. The molecule has 0 saturated carbocycles. The number of aryl methyl sites for hydroxylation is 1. The van der Waals surface area contributed by atoms with Crippen molar-refractivity contribution in [2.75, 3.05) is 0 Å². The van der Waals surface area contributed by atoms with Crippen molar-refractivity contribution in [2.24, 2.45) is 0 Å². The van der Waals surface area contributed by atoms with Gasteiger partial charge >= 0.3 is 0 Å². The Labute approximate surface area is 116 Å². The third-order valence-corrected chi connectivity index (χ3v) is 3.35. The van der Waals surface area contributed by atoms with Gasteiger partial charge in [0.1, 0.15) is 5.82 Å². The van der Waals surface area contributed by atoms with Crippen molar-refractivity contribution < 1.29 is 0 Å². The number of aromatic nitrogens is 3. The van der Waals surface area contributed by atoms with E-state index in [1.165, 1.54) is 11.1 Å². The zero-order valence-electron chi connectivity index (χ0n) is 10.4. The molecular weight excluding hydrogens is 290 g/mol. The van der Waals surface area contributed by atoms with Crippen LogP contribution in [0.2, 0.25) is 0 Å². The van der Waals surface area contributed by atoms with Crippen LogP contribution in [-0.2, 0) is 18.2 Å². The van der Waals surface area contributed by atoms with E-state index >= 15 is 0 Å². The lowest BCUT2D eigenvalue weighted by Gasteiger charge is -2.07. The lowest BCUT2D eigenvalue weighted by atomic mass is 10.1. The van der Waals surface area contributed by atoms with Crippen molar-refractivity contribution in [3.63, 3.8) is 0 Å². The zero-order valence-corrected chi connectivity index (χ0v) is 12.0. The Kier molecular flexibility index (Phi) is 4.81. The van der Waals surface area contributed by atoms with Gasteiger partial charge in [0.25, 0.3) is 0 Å². The van der Waals surface area contributed by atoms with Crippen LogP contribution < -0.4 is 0 Å². The van der Waals surface area contributed by atoms with Crippen molar-refractivity contribution in [3.05, 3.63) is 53.4 Å². The summed E-state index contributed by atoms with van der Waals surface area (Å²) in [6, 6.07) is 4.00. The van der Waals surface area contributed by atoms with Gasteiger partial charge in [0.15, 0.2) is 0 Å². The maximum atomic E-state index is 4.67. The minimum Gasteiger partial charge on any atom is -0.265 e. The minimum absolute atomic E-state index is 0.766. The average Bonchev–Trinajstić information content (AvgIpc) is 2.41. The van der Waals surface area contributed by atoms with Crippen LogP contribution in [0.25, 0.3) is 0 Å². The van der Waals surface area contributed by atoms with Crippen molar-refractivity contribution >= 4 is 15.9 Å². The molecule has 0 aliphatic rings. The second kappa shape index (κ2) is 6.59. The first kappa shape index (κ1) is 13.1. The average molecular weight is 306 g/mol. The first-order chi connectivity index (χ1) is 8.83. The molecular formula is C14H16BrN3. The Morgan fingerprint density at radius 3 is 2.67 bits per heavy atom. The Hall–Kier alpha value is -1.29. The standard InChI is InChI=1S/C14H16BrN3/c1-2-3-13-12(9-15)10-17-14(18-13)8-11-4-6-16-7-5-11/h4-7,10H,2-3,8-9H2,1H3. The van der Waals surface area contributed by atoms with Crippen molar-refractivity contribution in [3.8, 4) is 0 Å². The molecule has 0 amide bonds. The van der Waals surface area contributed by atoms with E-state index in [0.29, 0.717) is 0 Å². The van der Waals surface area contributed by atoms with Gasteiger partial charge in [-0.1, -0.05) is 29.3 Å². The summed E-state index contributed by atoms with van der Waals surface area (Å²) in [6.07, 6.45) is 8.41. The first-order valence-corrected chi connectivity index (χ1v) is 7.24. The third-order valence-electron chi connectivity index (χ3n) is 2.75. The van der Waals surface area contributed by atoms with Crippen molar-refractivity contribution in [1.29, 1.82) is 0 Å². The highest BCUT2D eigenvalue weighted by atomic mass is 79.9. The number of nitrogens with zero attached hydrogens (tertiary/aromatic N) is 3. The molecule has 0 aromatic carbocycles. The van der Waals surface area contributed by atoms with Crippen LogP contribution in [-0.4, -0.2) is 15.0 Å². The van der Waals surface area contributed by atoms with E-state index in [1.807, 2.05) is 18.3 Å². The lowest BCUT2D eigenvalue weighted by Crippen LogP contribution is -2.04. The highest BCUT2D eigenvalue weighted by Gasteiger charge is 2.06. The molecule has 18 heavy (non-hydrogen) atoms. The number of hydrogen-bond acceptors (Lipinski definition) is 3. The van der Waals surface area contributed by atoms with E-state index in [4.69, 9.17) is 0 Å². The van der Waals surface area contributed by atoms with Gasteiger partial charge in [-0.05, 0) is 24.1 Å². The lowest BCUT2D eigenvalue weighted by molar-refractivity contribution is 0.826. The fraction of sp³-hybridized carbons (Fsp3) is 0.357. The number of pyridine rings is 1. The molecule has 0 bridgehead atoms.